The first kappa shape index (κ1) is 13.4. The maximum atomic E-state index is 13.0. The maximum Gasteiger partial charge on any atom is 0.354 e. The fourth-order valence-corrected chi connectivity index (χ4v) is 1.41. The SMILES string of the molecule is O=C(O)c1ccc([N+](=O)[O-])c(Oc2cccc(F)c2)n1. The summed E-state index contributed by atoms with van der Waals surface area (Å²) in [7, 11) is 0. The minimum Gasteiger partial charge on any atom is -0.477 e. The Morgan fingerprint density at radius 3 is 2.70 bits per heavy atom. The Labute approximate surface area is 111 Å². The smallest absolute Gasteiger partial charge is 0.354 e. The number of carbonyl (C=O) groups is 1. The summed E-state index contributed by atoms with van der Waals surface area (Å²) >= 11 is 0. The van der Waals surface area contributed by atoms with E-state index in [1.807, 2.05) is 0 Å². The second kappa shape index (κ2) is 5.31. The first-order valence-corrected chi connectivity index (χ1v) is 5.29. The lowest BCUT2D eigenvalue weighted by molar-refractivity contribution is -0.386. The summed E-state index contributed by atoms with van der Waals surface area (Å²) in [5.41, 5.74) is -0.929. The molecule has 7 nitrogen and oxygen atoms in total. The van der Waals surface area contributed by atoms with Crippen molar-refractivity contribution in [3.05, 3.63) is 58.0 Å². The number of ether oxygens (including phenoxy) is 1. The summed E-state index contributed by atoms with van der Waals surface area (Å²) < 4.78 is 18.1. The predicted molar refractivity (Wildman–Crippen MR) is 64.3 cm³/mol. The molecule has 0 bridgehead atoms. The lowest BCUT2D eigenvalue weighted by atomic mass is 10.3. The van der Waals surface area contributed by atoms with Gasteiger partial charge in [-0.2, -0.15) is 4.98 Å². The second-order valence-corrected chi connectivity index (χ2v) is 3.64. The molecule has 0 aliphatic carbocycles. The van der Waals surface area contributed by atoms with Crippen molar-refractivity contribution in [3.8, 4) is 11.6 Å². The Morgan fingerprint density at radius 2 is 2.10 bits per heavy atom. The van der Waals surface area contributed by atoms with Crippen LogP contribution in [-0.4, -0.2) is 21.0 Å². The van der Waals surface area contributed by atoms with E-state index in [0.717, 1.165) is 18.2 Å². The summed E-state index contributed by atoms with van der Waals surface area (Å²) in [6.45, 7) is 0. The molecule has 8 heteroatoms. The van der Waals surface area contributed by atoms with Crippen molar-refractivity contribution >= 4 is 11.7 Å². The van der Waals surface area contributed by atoms with Crippen LogP contribution in [0.4, 0.5) is 10.1 Å². The third-order valence-corrected chi connectivity index (χ3v) is 2.27. The molecule has 0 aliphatic rings. The molecule has 1 aromatic carbocycles. The third-order valence-electron chi connectivity index (χ3n) is 2.27. The maximum absolute atomic E-state index is 13.0. The van der Waals surface area contributed by atoms with Crippen molar-refractivity contribution in [2.45, 2.75) is 0 Å². The van der Waals surface area contributed by atoms with Crippen LogP contribution >= 0.6 is 0 Å². The average molecular weight is 278 g/mol. The molecule has 20 heavy (non-hydrogen) atoms. The highest BCUT2D eigenvalue weighted by Crippen LogP contribution is 2.29. The minimum absolute atomic E-state index is 0.0249. The fraction of sp³-hybridized carbons (Fsp3) is 0. The largest absolute Gasteiger partial charge is 0.477 e. The molecule has 2 aromatic rings. The van der Waals surface area contributed by atoms with Gasteiger partial charge in [-0.25, -0.2) is 9.18 Å². The zero-order valence-electron chi connectivity index (χ0n) is 9.82. The van der Waals surface area contributed by atoms with Gasteiger partial charge in [0.15, 0.2) is 5.69 Å². The zero-order chi connectivity index (χ0) is 14.7. The summed E-state index contributed by atoms with van der Waals surface area (Å²) in [5, 5.41) is 19.6. The van der Waals surface area contributed by atoms with E-state index in [-0.39, 0.29) is 5.75 Å². The fourth-order valence-electron chi connectivity index (χ4n) is 1.41. The molecule has 0 atom stereocenters. The van der Waals surface area contributed by atoms with Crippen LogP contribution in [0.5, 0.6) is 11.6 Å². The summed E-state index contributed by atoms with van der Waals surface area (Å²) in [5.74, 6) is -2.49. The molecule has 1 heterocycles. The Bertz CT molecular complexity index is 689. The van der Waals surface area contributed by atoms with Crippen LogP contribution in [0.1, 0.15) is 10.5 Å². The van der Waals surface area contributed by atoms with Crippen LogP contribution < -0.4 is 4.74 Å². The molecule has 0 amide bonds. The van der Waals surface area contributed by atoms with Crippen LogP contribution in [0.2, 0.25) is 0 Å². The molecular formula is C12H7FN2O5. The van der Waals surface area contributed by atoms with Crippen LogP contribution in [0.3, 0.4) is 0 Å². The van der Waals surface area contributed by atoms with E-state index < -0.39 is 34.0 Å². The molecule has 1 N–H and O–H groups in total. The van der Waals surface area contributed by atoms with E-state index in [9.17, 15) is 19.3 Å². The van der Waals surface area contributed by atoms with Crippen LogP contribution in [0.25, 0.3) is 0 Å². The number of aromatic nitrogens is 1. The van der Waals surface area contributed by atoms with Gasteiger partial charge in [0.25, 0.3) is 5.88 Å². The number of halogens is 1. The van der Waals surface area contributed by atoms with Gasteiger partial charge in [0, 0.05) is 12.1 Å². The number of hydrogen-bond donors (Lipinski definition) is 1. The van der Waals surface area contributed by atoms with Crippen molar-refractivity contribution in [1.29, 1.82) is 0 Å². The van der Waals surface area contributed by atoms with Crippen LogP contribution in [0.15, 0.2) is 36.4 Å². The molecule has 0 unspecified atom stereocenters. The van der Waals surface area contributed by atoms with Gasteiger partial charge < -0.3 is 9.84 Å². The van der Waals surface area contributed by atoms with Crippen molar-refractivity contribution in [3.63, 3.8) is 0 Å². The van der Waals surface area contributed by atoms with E-state index in [1.54, 1.807) is 0 Å². The van der Waals surface area contributed by atoms with Gasteiger partial charge in [0.1, 0.15) is 11.6 Å². The van der Waals surface area contributed by atoms with Crippen LogP contribution in [-0.2, 0) is 0 Å². The van der Waals surface area contributed by atoms with Crippen molar-refractivity contribution < 1.29 is 24.0 Å². The van der Waals surface area contributed by atoms with Gasteiger partial charge in [0.05, 0.1) is 4.92 Å². The number of pyridine rings is 1. The summed E-state index contributed by atoms with van der Waals surface area (Å²) in [4.78, 5) is 24.4. The number of carboxylic acids is 1. The van der Waals surface area contributed by atoms with Gasteiger partial charge in [-0.3, -0.25) is 10.1 Å². The number of nitrogens with zero attached hydrogens (tertiary/aromatic N) is 2. The molecule has 0 fully saturated rings. The quantitative estimate of drug-likeness (QED) is 0.681. The van der Waals surface area contributed by atoms with Gasteiger partial charge >= 0.3 is 11.7 Å². The highest BCUT2D eigenvalue weighted by Gasteiger charge is 2.20. The molecule has 0 saturated heterocycles. The Kier molecular flexibility index (Phi) is 3.56. The normalized spacial score (nSPS) is 10.1. The lowest BCUT2D eigenvalue weighted by Crippen LogP contribution is -2.03. The average Bonchev–Trinajstić information content (AvgIpc) is 2.38. The van der Waals surface area contributed by atoms with Crippen molar-refractivity contribution in [1.82, 2.24) is 4.98 Å². The highest BCUT2D eigenvalue weighted by atomic mass is 19.1. The first-order chi connectivity index (χ1) is 9.47. The van der Waals surface area contributed by atoms with Crippen LogP contribution in [0, 0.1) is 15.9 Å². The topological polar surface area (TPSA) is 103 Å². The number of rotatable bonds is 4. The number of nitro groups is 1. The first-order valence-electron chi connectivity index (χ1n) is 5.29. The molecular weight excluding hydrogens is 271 g/mol. The monoisotopic (exact) mass is 278 g/mol. The number of carboxylic acid groups (broad SMARTS) is 1. The molecule has 2 rings (SSSR count). The summed E-state index contributed by atoms with van der Waals surface area (Å²) in [6.07, 6.45) is 0. The lowest BCUT2D eigenvalue weighted by Gasteiger charge is -2.06. The Balaban J connectivity index is 2.44. The van der Waals surface area contributed by atoms with E-state index in [4.69, 9.17) is 9.84 Å². The van der Waals surface area contributed by atoms with E-state index in [0.29, 0.717) is 0 Å². The Morgan fingerprint density at radius 1 is 1.35 bits per heavy atom. The predicted octanol–water partition coefficient (Wildman–Crippen LogP) is 2.62. The molecule has 0 saturated carbocycles. The second-order valence-electron chi connectivity index (χ2n) is 3.64. The third kappa shape index (κ3) is 2.86. The highest BCUT2D eigenvalue weighted by molar-refractivity contribution is 5.85. The molecule has 0 aliphatic heterocycles. The summed E-state index contributed by atoms with van der Waals surface area (Å²) in [6, 6.07) is 6.82. The van der Waals surface area contributed by atoms with Gasteiger partial charge in [0.2, 0.25) is 0 Å². The van der Waals surface area contributed by atoms with Crippen molar-refractivity contribution in [2.24, 2.45) is 0 Å². The zero-order valence-corrected chi connectivity index (χ0v) is 9.82. The van der Waals surface area contributed by atoms with Gasteiger partial charge in [-0.1, -0.05) is 6.07 Å². The number of aromatic carboxylic acids is 1. The molecule has 102 valence electrons. The van der Waals surface area contributed by atoms with E-state index >= 15 is 0 Å². The van der Waals surface area contributed by atoms with Gasteiger partial charge in [-0.15, -0.1) is 0 Å². The minimum atomic E-state index is -1.36. The molecule has 1 aromatic heterocycles. The van der Waals surface area contributed by atoms with E-state index in [1.165, 1.54) is 18.2 Å². The standard InChI is InChI=1S/C12H7FN2O5/c13-7-2-1-3-8(6-7)20-11-10(15(18)19)5-4-9(14-11)12(16)17/h1-6H,(H,16,17). The van der Waals surface area contributed by atoms with E-state index in [2.05, 4.69) is 4.98 Å². The number of hydrogen-bond acceptors (Lipinski definition) is 5. The Hall–Kier alpha value is -3.03. The molecule has 0 radical (unpaired) electrons. The molecule has 0 spiro atoms. The number of benzene rings is 1. The van der Waals surface area contributed by atoms with Crippen molar-refractivity contribution in [2.75, 3.05) is 0 Å². The van der Waals surface area contributed by atoms with Gasteiger partial charge in [-0.05, 0) is 18.2 Å².